The number of aliphatic hydroxyl groups is 2. The Balaban J connectivity index is 3.43. The monoisotopic (exact) mass is 132 g/mol. The smallest absolute Gasteiger partial charge is 0.220 e. The van der Waals surface area contributed by atoms with E-state index in [4.69, 9.17) is 10.2 Å². The molecule has 0 aliphatic carbocycles. The molecule has 4 nitrogen and oxygen atoms in total. The predicted molar refractivity (Wildman–Crippen MR) is 31.5 cm³/mol. The first kappa shape index (κ1) is 8.39. The molecule has 0 aliphatic rings. The number of carbonyl (C=O) groups excluding carboxylic acids is 1. The van der Waals surface area contributed by atoms with E-state index in [0.29, 0.717) is 0 Å². The van der Waals surface area contributed by atoms with Crippen LogP contribution in [0.3, 0.4) is 0 Å². The summed E-state index contributed by atoms with van der Waals surface area (Å²) in [6, 6.07) is -0.574. The summed E-state index contributed by atoms with van der Waals surface area (Å²) in [5.74, 6) is -0.497. The average Bonchev–Trinajstić information content (AvgIpc) is 1.82. The van der Waals surface area contributed by atoms with E-state index >= 15 is 0 Å². The lowest BCUT2D eigenvalue weighted by Gasteiger charge is -2.09. The third-order valence-corrected chi connectivity index (χ3v) is 0.806. The summed E-state index contributed by atoms with van der Waals surface area (Å²) in [6.07, 6.45) is 0. The van der Waals surface area contributed by atoms with Crippen LogP contribution in [0.2, 0.25) is 0 Å². The predicted octanol–water partition coefficient (Wildman–Crippen LogP) is -1.71. The van der Waals surface area contributed by atoms with Crippen LogP contribution in [-0.2, 0) is 4.79 Å². The molecule has 53 valence electrons. The van der Waals surface area contributed by atoms with Crippen molar-refractivity contribution in [3.05, 3.63) is 6.92 Å². The molecule has 1 amide bonds. The van der Waals surface area contributed by atoms with Gasteiger partial charge >= 0.3 is 0 Å². The number of rotatable bonds is 3. The average molecular weight is 132 g/mol. The van der Waals surface area contributed by atoms with Crippen LogP contribution in [0, 0.1) is 6.92 Å². The summed E-state index contributed by atoms with van der Waals surface area (Å²) in [5.41, 5.74) is 0. The topological polar surface area (TPSA) is 69.6 Å². The van der Waals surface area contributed by atoms with Crippen molar-refractivity contribution in [1.29, 1.82) is 0 Å². The lowest BCUT2D eigenvalue weighted by molar-refractivity contribution is -0.118. The van der Waals surface area contributed by atoms with E-state index in [0.717, 1.165) is 0 Å². The summed E-state index contributed by atoms with van der Waals surface area (Å²) >= 11 is 0. The number of hydrogen-bond donors (Lipinski definition) is 3. The minimum Gasteiger partial charge on any atom is -0.394 e. The number of aliphatic hydroxyl groups excluding tert-OH is 2. The van der Waals surface area contributed by atoms with Crippen molar-refractivity contribution in [1.82, 2.24) is 5.32 Å². The first-order chi connectivity index (χ1) is 4.20. The zero-order valence-electron chi connectivity index (χ0n) is 5.00. The van der Waals surface area contributed by atoms with E-state index in [9.17, 15) is 4.79 Å². The fourth-order valence-electron chi connectivity index (χ4n) is 0.377. The quantitative estimate of drug-likeness (QED) is 0.428. The Bertz CT molecular complexity index is 90.2. The van der Waals surface area contributed by atoms with Gasteiger partial charge in [-0.1, -0.05) is 0 Å². The molecule has 0 aromatic heterocycles. The molecule has 0 rings (SSSR count). The lowest BCUT2D eigenvalue weighted by atomic mass is 10.3. The number of nitrogens with one attached hydrogen (secondary N) is 1. The largest absolute Gasteiger partial charge is 0.394 e. The van der Waals surface area contributed by atoms with Crippen molar-refractivity contribution >= 4 is 5.91 Å². The maximum absolute atomic E-state index is 10.1. The van der Waals surface area contributed by atoms with Crippen LogP contribution in [0.1, 0.15) is 0 Å². The highest BCUT2D eigenvalue weighted by Crippen LogP contribution is 1.77. The molecule has 4 heteroatoms. The highest BCUT2D eigenvalue weighted by Gasteiger charge is 2.04. The van der Waals surface area contributed by atoms with E-state index in [1.54, 1.807) is 0 Å². The minimum absolute atomic E-state index is 0.266. The van der Waals surface area contributed by atoms with Gasteiger partial charge in [0.15, 0.2) is 0 Å². The van der Waals surface area contributed by atoms with Crippen LogP contribution in [0.25, 0.3) is 0 Å². The van der Waals surface area contributed by atoms with Gasteiger partial charge in [-0.3, -0.25) is 4.79 Å². The highest BCUT2D eigenvalue weighted by molar-refractivity contribution is 5.80. The van der Waals surface area contributed by atoms with Crippen LogP contribution in [0.5, 0.6) is 0 Å². The van der Waals surface area contributed by atoms with E-state index in [1.165, 1.54) is 0 Å². The molecule has 0 unspecified atom stereocenters. The van der Waals surface area contributed by atoms with Gasteiger partial charge in [0.25, 0.3) is 0 Å². The van der Waals surface area contributed by atoms with Gasteiger partial charge in [0.1, 0.15) is 0 Å². The number of amides is 1. The molecular formula is C5H10NO3. The summed E-state index contributed by atoms with van der Waals surface area (Å²) in [4.78, 5) is 10.1. The van der Waals surface area contributed by atoms with Crippen molar-refractivity contribution in [3.63, 3.8) is 0 Å². The molecule has 0 fully saturated rings. The molecule has 3 N–H and O–H groups in total. The maximum Gasteiger partial charge on any atom is 0.220 e. The first-order valence-electron chi connectivity index (χ1n) is 2.55. The van der Waals surface area contributed by atoms with Gasteiger partial charge < -0.3 is 15.5 Å². The van der Waals surface area contributed by atoms with Crippen molar-refractivity contribution in [3.8, 4) is 0 Å². The third-order valence-electron chi connectivity index (χ3n) is 0.806. The molecule has 0 aromatic carbocycles. The van der Waals surface area contributed by atoms with Gasteiger partial charge in [0, 0.05) is 6.92 Å². The van der Waals surface area contributed by atoms with Gasteiger partial charge in [0.05, 0.1) is 19.3 Å². The first-order valence-corrected chi connectivity index (χ1v) is 2.55. The molecule has 0 heterocycles. The molecule has 1 radical (unpaired) electrons. The molecule has 9 heavy (non-hydrogen) atoms. The van der Waals surface area contributed by atoms with Gasteiger partial charge in [-0.15, -0.1) is 0 Å². The highest BCUT2D eigenvalue weighted by atomic mass is 16.3. The molecule has 0 saturated carbocycles. The molecule has 0 saturated heterocycles. The van der Waals surface area contributed by atoms with Crippen molar-refractivity contribution in [2.75, 3.05) is 13.2 Å². The Hall–Kier alpha value is -0.610. The van der Waals surface area contributed by atoms with Crippen LogP contribution in [0.4, 0.5) is 0 Å². The Morgan fingerprint density at radius 1 is 1.56 bits per heavy atom. The van der Waals surface area contributed by atoms with Gasteiger partial charge in [-0.05, 0) is 0 Å². The number of hydrogen-bond acceptors (Lipinski definition) is 3. The van der Waals surface area contributed by atoms with E-state index in [1.807, 2.05) is 0 Å². The second-order valence-corrected chi connectivity index (χ2v) is 1.63. The fraction of sp³-hybridized carbons (Fsp3) is 0.600. The Morgan fingerprint density at radius 2 is 2.00 bits per heavy atom. The SMILES string of the molecule is [CH2]C(=O)NC(CO)CO. The Labute approximate surface area is 53.5 Å². The zero-order valence-corrected chi connectivity index (χ0v) is 5.00. The van der Waals surface area contributed by atoms with Gasteiger partial charge in [0.2, 0.25) is 5.91 Å². The summed E-state index contributed by atoms with van der Waals surface area (Å²) in [7, 11) is 0. The van der Waals surface area contributed by atoms with Crippen LogP contribution in [0.15, 0.2) is 0 Å². The van der Waals surface area contributed by atoms with Gasteiger partial charge in [-0.2, -0.15) is 0 Å². The third kappa shape index (κ3) is 3.93. The minimum atomic E-state index is -0.574. The molecule has 0 aromatic rings. The van der Waals surface area contributed by atoms with Crippen LogP contribution in [-0.4, -0.2) is 35.4 Å². The summed E-state index contributed by atoms with van der Waals surface area (Å²) in [5, 5.41) is 19.0. The molecule has 0 spiro atoms. The lowest BCUT2D eigenvalue weighted by Crippen LogP contribution is -2.38. The molecule has 0 aliphatic heterocycles. The summed E-state index contributed by atoms with van der Waals surface area (Å²) < 4.78 is 0. The fourth-order valence-corrected chi connectivity index (χ4v) is 0.377. The molecule has 0 atom stereocenters. The Morgan fingerprint density at radius 3 is 2.11 bits per heavy atom. The Kier molecular flexibility index (Phi) is 4.00. The van der Waals surface area contributed by atoms with Crippen molar-refractivity contribution in [2.24, 2.45) is 0 Å². The van der Waals surface area contributed by atoms with Crippen LogP contribution < -0.4 is 5.32 Å². The van der Waals surface area contributed by atoms with E-state index < -0.39 is 11.9 Å². The molecular weight excluding hydrogens is 122 g/mol. The second-order valence-electron chi connectivity index (χ2n) is 1.63. The standard InChI is InChI=1S/C5H10NO3/c1-4(9)6-5(2-7)3-8/h5,7-8H,1-3H2,(H,6,9). The van der Waals surface area contributed by atoms with E-state index in [-0.39, 0.29) is 13.2 Å². The number of carbonyl (C=O) groups is 1. The maximum atomic E-state index is 10.1. The van der Waals surface area contributed by atoms with E-state index in [2.05, 4.69) is 12.2 Å². The van der Waals surface area contributed by atoms with Gasteiger partial charge in [-0.25, -0.2) is 0 Å². The summed E-state index contributed by atoms with van der Waals surface area (Å²) in [6.45, 7) is 2.47. The normalized spacial score (nSPS) is 9.78. The zero-order chi connectivity index (χ0) is 7.28. The van der Waals surface area contributed by atoms with Crippen molar-refractivity contribution < 1.29 is 15.0 Å². The second kappa shape index (κ2) is 4.29. The molecule has 0 bridgehead atoms. The van der Waals surface area contributed by atoms with Crippen molar-refractivity contribution in [2.45, 2.75) is 6.04 Å². The van der Waals surface area contributed by atoms with Crippen LogP contribution >= 0.6 is 0 Å².